The second-order valence-corrected chi connectivity index (χ2v) is 15.3. The second-order valence-electron chi connectivity index (χ2n) is 14.1. The summed E-state index contributed by atoms with van der Waals surface area (Å²) in [6.45, 7) is 1.41. The highest BCUT2D eigenvalue weighted by Gasteiger charge is 2.49. The molecule has 6 aromatic rings. The van der Waals surface area contributed by atoms with Crippen LogP contribution in [0.1, 0.15) is 49.8 Å². The fourth-order valence-electron chi connectivity index (χ4n) is 6.90. The molecule has 5 atom stereocenters. The van der Waals surface area contributed by atoms with E-state index in [0.29, 0.717) is 36.0 Å². The SMILES string of the molecule is O=C(Cc1cc([C@@H]2O[C@H](COCc3ccccc3)[C@@H](OCc3ccccc3)[C@H](OCc3ccccc3)[C@H]2OCc2ccccc2)ccc1Cl)NCC(=O)c1ccsc1. The topological polar surface area (TPSA) is 92.3 Å². The summed E-state index contributed by atoms with van der Waals surface area (Å²) < 4.78 is 34.0. The lowest BCUT2D eigenvalue weighted by molar-refractivity contribution is -0.275. The summed E-state index contributed by atoms with van der Waals surface area (Å²) in [5.41, 5.74) is 5.95. The molecule has 1 saturated heterocycles. The molecule has 8 nitrogen and oxygen atoms in total. The average Bonchev–Trinajstić information content (AvgIpc) is 3.82. The molecule has 2 heterocycles. The first kappa shape index (κ1) is 41.2. The smallest absolute Gasteiger partial charge is 0.224 e. The number of benzene rings is 5. The van der Waals surface area contributed by atoms with Crippen LogP contribution < -0.4 is 5.32 Å². The first-order chi connectivity index (χ1) is 28.5. The van der Waals surface area contributed by atoms with Gasteiger partial charge in [-0.15, -0.1) is 0 Å². The van der Waals surface area contributed by atoms with Gasteiger partial charge in [-0.25, -0.2) is 0 Å². The fraction of sp³-hybridized carbons (Fsp3) is 0.250. The summed E-state index contributed by atoms with van der Waals surface area (Å²) >= 11 is 8.18. The van der Waals surface area contributed by atoms with Crippen LogP contribution in [0.2, 0.25) is 5.02 Å². The Bertz CT molecular complexity index is 2160. The van der Waals surface area contributed by atoms with Crippen LogP contribution in [0, 0.1) is 0 Å². The van der Waals surface area contributed by atoms with E-state index in [-0.39, 0.29) is 37.9 Å². The minimum Gasteiger partial charge on any atom is -0.374 e. The number of Topliss-reactive ketones (excluding diaryl/α,β-unsaturated/α-hetero) is 1. The normalized spacial score (nSPS) is 19.1. The van der Waals surface area contributed by atoms with E-state index >= 15 is 0 Å². The Morgan fingerprint density at radius 1 is 0.638 bits per heavy atom. The van der Waals surface area contributed by atoms with Gasteiger partial charge in [0.2, 0.25) is 5.91 Å². The van der Waals surface area contributed by atoms with Crippen molar-refractivity contribution in [1.29, 1.82) is 0 Å². The molecule has 0 saturated carbocycles. The third kappa shape index (κ3) is 11.6. The Morgan fingerprint density at radius 3 is 1.72 bits per heavy atom. The molecule has 58 heavy (non-hydrogen) atoms. The van der Waals surface area contributed by atoms with Crippen LogP contribution in [-0.2, 0) is 61.3 Å². The molecule has 1 aromatic heterocycles. The lowest BCUT2D eigenvalue weighted by Crippen LogP contribution is -2.58. The van der Waals surface area contributed by atoms with Crippen molar-refractivity contribution in [3.8, 4) is 0 Å². The summed E-state index contributed by atoms with van der Waals surface area (Å²) in [6.07, 6.45) is -3.18. The molecule has 1 fully saturated rings. The van der Waals surface area contributed by atoms with E-state index in [0.717, 1.165) is 27.8 Å². The van der Waals surface area contributed by atoms with Crippen molar-refractivity contribution >= 4 is 34.6 Å². The van der Waals surface area contributed by atoms with Crippen LogP contribution >= 0.6 is 22.9 Å². The molecule has 1 amide bonds. The van der Waals surface area contributed by atoms with Gasteiger partial charge in [-0.05, 0) is 50.9 Å². The van der Waals surface area contributed by atoms with Gasteiger partial charge in [-0.3, -0.25) is 9.59 Å². The van der Waals surface area contributed by atoms with Crippen LogP contribution in [0.4, 0.5) is 0 Å². The Kier molecular flexibility index (Phi) is 15.0. The van der Waals surface area contributed by atoms with E-state index in [1.807, 2.05) is 139 Å². The van der Waals surface area contributed by atoms with Crippen molar-refractivity contribution in [2.24, 2.45) is 0 Å². The predicted molar refractivity (Wildman–Crippen MR) is 226 cm³/mol. The quantitative estimate of drug-likeness (QED) is 0.0816. The van der Waals surface area contributed by atoms with Gasteiger partial charge in [-0.1, -0.05) is 145 Å². The standard InChI is InChI=1S/C48H46ClNO7S/c49-41-22-21-38(25-40(41)26-44(52)50-27-42(51)39-23-24-58-33-39)45-47(55-30-36-17-9-3-10-18-36)48(56-31-37-19-11-4-12-20-37)46(54-29-35-15-7-2-8-16-35)43(57-45)32-53-28-34-13-5-1-6-14-34/h1-25,33,43,45-48H,26-32H2,(H,50,52)/t43-,45+,46-,47+,48+/m1/s1. The monoisotopic (exact) mass is 815 g/mol. The number of halogens is 1. The van der Waals surface area contributed by atoms with Crippen molar-refractivity contribution in [3.05, 3.63) is 200 Å². The molecule has 1 N–H and O–H groups in total. The summed E-state index contributed by atoms with van der Waals surface area (Å²) in [4.78, 5) is 25.8. The molecule has 0 bridgehead atoms. The van der Waals surface area contributed by atoms with Gasteiger partial charge in [0.05, 0.1) is 46.0 Å². The molecule has 0 radical (unpaired) electrons. The number of carbonyl (C=O) groups is 2. The van der Waals surface area contributed by atoms with E-state index in [9.17, 15) is 9.59 Å². The number of ketones is 1. The summed E-state index contributed by atoms with van der Waals surface area (Å²) in [6, 6.07) is 47.3. The second kappa shape index (κ2) is 21.2. The van der Waals surface area contributed by atoms with Gasteiger partial charge in [-0.2, -0.15) is 11.3 Å². The number of nitrogens with one attached hydrogen (secondary N) is 1. The zero-order chi connectivity index (χ0) is 39.9. The van der Waals surface area contributed by atoms with E-state index in [1.54, 1.807) is 17.5 Å². The number of ether oxygens (including phenoxy) is 5. The minimum absolute atomic E-state index is 0.0355. The maximum atomic E-state index is 13.2. The van der Waals surface area contributed by atoms with Crippen LogP contribution in [0.25, 0.3) is 0 Å². The molecular weight excluding hydrogens is 770 g/mol. The largest absolute Gasteiger partial charge is 0.374 e. The number of thiophene rings is 1. The Balaban J connectivity index is 1.21. The van der Waals surface area contributed by atoms with E-state index < -0.39 is 30.5 Å². The van der Waals surface area contributed by atoms with Gasteiger partial charge in [0.15, 0.2) is 5.78 Å². The van der Waals surface area contributed by atoms with Gasteiger partial charge in [0, 0.05) is 16.0 Å². The molecule has 0 spiro atoms. The van der Waals surface area contributed by atoms with Crippen LogP contribution in [0.3, 0.4) is 0 Å². The molecule has 5 aromatic carbocycles. The average molecular weight is 816 g/mol. The third-order valence-electron chi connectivity index (χ3n) is 9.92. The maximum Gasteiger partial charge on any atom is 0.224 e. The van der Waals surface area contributed by atoms with Crippen molar-refractivity contribution in [1.82, 2.24) is 5.32 Å². The van der Waals surface area contributed by atoms with E-state index in [1.165, 1.54) is 11.3 Å². The number of carbonyl (C=O) groups excluding carboxylic acids is 2. The summed E-state index contributed by atoms with van der Waals surface area (Å²) in [7, 11) is 0. The molecule has 1 aliphatic heterocycles. The number of amides is 1. The third-order valence-corrected chi connectivity index (χ3v) is 11.0. The number of rotatable bonds is 19. The Hall–Kier alpha value is -4.97. The zero-order valence-corrected chi connectivity index (χ0v) is 33.6. The van der Waals surface area contributed by atoms with Crippen LogP contribution in [-0.4, -0.2) is 49.3 Å². The molecule has 0 unspecified atom stereocenters. The minimum atomic E-state index is -0.675. The van der Waals surface area contributed by atoms with Gasteiger partial charge < -0.3 is 29.0 Å². The highest BCUT2D eigenvalue weighted by Crippen LogP contribution is 2.39. The Labute approximate surface area is 348 Å². The highest BCUT2D eigenvalue weighted by atomic mass is 35.5. The van der Waals surface area contributed by atoms with E-state index in [4.69, 9.17) is 35.3 Å². The summed E-state index contributed by atoms with van der Waals surface area (Å²) in [5, 5.41) is 6.78. The van der Waals surface area contributed by atoms with Crippen molar-refractivity contribution in [2.45, 2.75) is 63.4 Å². The van der Waals surface area contributed by atoms with Crippen molar-refractivity contribution < 1.29 is 33.3 Å². The van der Waals surface area contributed by atoms with Crippen LogP contribution in [0.5, 0.6) is 0 Å². The van der Waals surface area contributed by atoms with Crippen molar-refractivity contribution in [2.75, 3.05) is 13.2 Å². The zero-order valence-electron chi connectivity index (χ0n) is 32.0. The fourth-order valence-corrected chi connectivity index (χ4v) is 7.75. The Morgan fingerprint density at radius 2 is 1.17 bits per heavy atom. The molecule has 10 heteroatoms. The predicted octanol–water partition coefficient (Wildman–Crippen LogP) is 9.36. The van der Waals surface area contributed by atoms with Gasteiger partial charge >= 0.3 is 0 Å². The number of hydrogen-bond donors (Lipinski definition) is 1. The summed E-state index contributed by atoms with van der Waals surface area (Å²) in [5.74, 6) is -0.482. The molecular formula is C48H46ClNO7S. The molecule has 7 rings (SSSR count). The lowest BCUT2D eigenvalue weighted by Gasteiger charge is -2.46. The number of hydrogen-bond acceptors (Lipinski definition) is 8. The lowest BCUT2D eigenvalue weighted by atomic mass is 9.89. The maximum absolute atomic E-state index is 13.2. The molecule has 0 aliphatic carbocycles. The molecule has 1 aliphatic rings. The van der Waals surface area contributed by atoms with Crippen LogP contribution in [0.15, 0.2) is 156 Å². The first-order valence-corrected chi connectivity index (χ1v) is 20.7. The first-order valence-electron chi connectivity index (χ1n) is 19.3. The molecule has 298 valence electrons. The highest BCUT2D eigenvalue weighted by molar-refractivity contribution is 7.08. The van der Waals surface area contributed by atoms with E-state index in [2.05, 4.69) is 5.32 Å². The van der Waals surface area contributed by atoms with Gasteiger partial charge in [0.25, 0.3) is 0 Å². The van der Waals surface area contributed by atoms with Crippen molar-refractivity contribution in [3.63, 3.8) is 0 Å². The van der Waals surface area contributed by atoms with Gasteiger partial charge in [0.1, 0.15) is 30.5 Å².